The lowest BCUT2D eigenvalue weighted by Crippen LogP contribution is -2.18. The number of amides is 2. The van der Waals surface area contributed by atoms with Crippen LogP contribution in [-0.4, -0.2) is 25.1 Å². The molecule has 7 nitrogen and oxygen atoms in total. The van der Waals surface area contributed by atoms with Gasteiger partial charge in [-0.25, -0.2) is 5.43 Å². The van der Waals surface area contributed by atoms with Crippen molar-refractivity contribution in [3.63, 3.8) is 0 Å². The van der Waals surface area contributed by atoms with Gasteiger partial charge in [0.2, 0.25) is 5.91 Å². The Bertz CT molecular complexity index is 1450. The highest BCUT2D eigenvalue weighted by Crippen LogP contribution is 2.37. The second-order valence-corrected chi connectivity index (χ2v) is 8.78. The van der Waals surface area contributed by atoms with E-state index in [0.717, 1.165) is 16.3 Å². The van der Waals surface area contributed by atoms with Gasteiger partial charge in [-0.1, -0.05) is 48.5 Å². The zero-order valence-electron chi connectivity index (χ0n) is 19.7. The highest BCUT2D eigenvalue weighted by Gasteiger charge is 2.13. The van der Waals surface area contributed by atoms with Crippen molar-refractivity contribution in [2.24, 2.45) is 5.10 Å². The number of nitrogens with zero attached hydrogens (tertiary/aromatic N) is 1. The maximum atomic E-state index is 12.4. The molecule has 0 saturated carbocycles. The maximum Gasteiger partial charge on any atom is 0.271 e. The lowest BCUT2D eigenvalue weighted by Gasteiger charge is -2.14. The Labute approximate surface area is 217 Å². The number of rotatable bonds is 8. The van der Waals surface area contributed by atoms with E-state index < -0.39 is 5.91 Å². The van der Waals surface area contributed by atoms with Gasteiger partial charge in [-0.15, -0.1) is 0 Å². The van der Waals surface area contributed by atoms with E-state index in [4.69, 9.17) is 9.47 Å². The van der Waals surface area contributed by atoms with Crippen LogP contribution in [0.25, 0.3) is 10.8 Å². The Hall–Kier alpha value is -4.17. The molecule has 0 saturated heterocycles. The predicted molar refractivity (Wildman–Crippen MR) is 145 cm³/mol. The molecule has 0 aliphatic rings. The van der Waals surface area contributed by atoms with E-state index >= 15 is 0 Å². The first-order valence-electron chi connectivity index (χ1n) is 11.1. The number of methoxy groups -OCH3 is 1. The average molecular weight is 546 g/mol. The number of hydrogen-bond donors (Lipinski definition) is 2. The van der Waals surface area contributed by atoms with Crippen molar-refractivity contribution in [2.75, 3.05) is 12.4 Å². The lowest BCUT2D eigenvalue weighted by molar-refractivity contribution is -0.114. The quantitative estimate of drug-likeness (QED) is 0.212. The molecule has 0 radical (unpaired) electrons. The highest BCUT2D eigenvalue weighted by molar-refractivity contribution is 9.10. The summed E-state index contributed by atoms with van der Waals surface area (Å²) in [5.41, 5.74) is 5.16. The first-order valence-corrected chi connectivity index (χ1v) is 11.9. The smallest absolute Gasteiger partial charge is 0.271 e. The first kappa shape index (κ1) is 24.9. The topological polar surface area (TPSA) is 89.0 Å². The van der Waals surface area contributed by atoms with Gasteiger partial charge in [0, 0.05) is 18.2 Å². The van der Waals surface area contributed by atoms with E-state index in [-0.39, 0.29) is 5.91 Å². The van der Waals surface area contributed by atoms with Crippen LogP contribution in [0, 0.1) is 0 Å². The number of ether oxygens (including phenoxy) is 2. The summed E-state index contributed by atoms with van der Waals surface area (Å²) in [4.78, 5) is 23.7. The first-order chi connectivity index (χ1) is 17.4. The number of fused-ring (bicyclic) bond motifs is 1. The molecule has 36 heavy (non-hydrogen) atoms. The van der Waals surface area contributed by atoms with E-state index in [1.807, 2.05) is 30.3 Å². The number of halogens is 1. The van der Waals surface area contributed by atoms with Gasteiger partial charge in [-0.05, 0) is 68.2 Å². The minimum atomic E-state index is -0.403. The molecular weight excluding hydrogens is 522 g/mol. The molecule has 0 aromatic heterocycles. The summed E-state index contributed by atoms with van der Waals surface area (Å²) in [6.45, 7) is 1.78. The molecule has 0 heterocycles. The van der Waals surface area contributed by atoms with Gasteiger partial charge in [-0.3, -0.25) is 9.59 Å². The second kappa shape index (κ2) is 11.5. The van der Waals surface area contributed by atoms with Gasteiger partial charge in [0.15, 0.2) is 11.5 Å². The fourth-order valence-corrected chi connectivity index (χ4v) is 4.27. The molecule has 2 amide bonds. The predicted octanol–water partition coefficient (Wildman–Crippen LogP) is 5.91. The van der Waals surface area contributed by atoms with Crippen molar-refractivity contribution in [1.29, 1.82) is 0 Å². The molecule has 4 rings (SSSR count). The van der Waals surface area contributed by atoms with Gasteiger partial charge in [0.05, 0.1) is 17.8 Å². The maximum absolute atomic E-state index is 12.4. The lowest BCUT2D eigenvalue weighted by atomic mass is 10.1. The van der Waals surface area contributed by atoms with Crippen LogP contribution >= 0.6 is 15.9 Å². The molecule has 0 bridgehead atoms. The molecule has 0 spiro atoms. The van der Waals surface area contributed by atoms with Gasteiger partial charge in [0.1, 0.15) is 6.61 Å². The molecule has 0 aliphatic carbocycles. The number of anilines is 1. The Balaban J connectivity index is 1.45. The van der Waals surface area contributed by atoms with Gasteiger partial charge >= 0.3 is 0 Å². The minimum Gasteiger partial charge on any atom is -0.493 e. The van der Waals surface area contributed by atoms with Crippen LogP contribution in [0.2, 0.25) is 0 Å². The van der Waals surface area contributed by atoms with Crippen molar-refractivity contribution in [3.05, 3.63) is 100 Å². The minimum absolute atomic E-state index is 0.213. The summed E-state index contributed by atoms with van der Waals surface area (Å²) in [5, 5.41) is 8.99. The largest absolute Gasteiger partial charge is 0.493 e. The third kappa shape index (κ3) is 6.09. The molecule has 0 atom stereocenters. The molecule has 182 valence electrons. The number of hydrazone groups is 1. The molecule has 4 aromatic carbocycles. The van der Waals surface area contributed by atoms with E-state index in [9.17, 15) is 9.59 Å². The van der Waals surface area contributed by atoms with Crippen LogP contribution in [0.15, 0.2) is 88.4 Å². The van der Waals surface area contributed by atoms with E-state index in [0.29, 0.717) is 39.4 Å². The highest BCUT2D eigenvalue weighted by atomic mass is 79.9. The zero-order chi connectivity index (χ0) is 25.5. The Morgan fingerprint density at radius 1 is 1.00 bits per heavy atom. The number of carbonyl (C=O) groups is 2. The summed E-state index contributed by atoms with van der Waals surface area (Å²) in [6, 6.07) is 24.5. The molecule has 0 aliphatic heterocycles. The van der Waals surface area contributed by atoms with Crippen LogP contribution < -0.4 is 20.2 Å². The van der Waals surface area contributed by atoms with Crippen molar-refractivity contribution in [2.45, 2.75) is 13.5 Å². The molecule has 4 aromatic rings. The van der Waals surface area contributed by atoms with Crippen LogP contribution in [0.5, 0.6) is 11.5 Å². The third-order valence-electron chi connectivity index (χ3n) is 5.33. The monoisotopic (exact) mass is 545 g/mol. The third-order valence-corrected chi connectivity index (χ3v) is 5.92. The van der Waals surface area contributed by atoms with E-state index in [1.54, 1.807) is 37.4 Å². The van der Waals surface area contributed by atoms with Gasteiger partial charge < -0.3 is 14.8 Å². The van der Waals surface area contributed by atoms with Crippen LogP contribution in [-0.2, 0) is 11.4 Å². The Morgan fingerprint density at radius 3 is 2.58 bits per heavy atom. The Kier molecular flexibility index (Phi) is 7.97. The van der Waals surface area contributed by atoms with Gasteiger partial charge in [0.25, 0.3) is 5.91 Å². The van der Waals surface area contributed by atoms with Crippen LogP contribution in [0.1, 0.15) is 28.4 Å². The molecule has 8 heteroatoms. The fourth-order valence-electron chi connectivity index (χ4n) is 3.69. The SMILES string of the molecule is COc1cc(/C=N\NC(=O)c2cccc(NC(C)=O)c2)cc(Br)c1OCc1cccc2ccccc12. The molecule has 2 N–H and O–H groups in total. The van der Waals surface area contributed by atoms with E-state index in [2.05, 4.69) is 50.0 Å². The summed E-state index contributed by atoms with van der Waals surface area (Å²) in [6.07, 6.45) is 1.51. The fraction of sp³-hybridized carbons (Fsp3) is 0.107. The summed E-state index contributed by atoms with van der Waals surface area (Å²) in [7, 11) is 1.57. The van der Waals surface area contributed by atoms with Crippen molar-refractivity contribution in [3.8, 4) is 11.5 Å². The second-order valence-electron chi connectivity index (χ2n) is 7.92. The normalized spacial score (nSPS) is 10.9. The van der Waals surface area contributed by atoms with E-state index in [1.165, 1.54) is 13.1 Å². The number of nitrogens with one attached hydrogen (secondary N) is 2. The summed E-state index contributed by atoms with van der Waals surface area (Å²) < 4.78 is 12.4. The molecule has 0 fully saturated rings. The van der Waals surface area contributed by atoms with Crippen LogP contribution in [0.3, 0.4) is 0 Å². The average Bonchev–Trinajstić information content (AvgIpc) is 2.87. The standard InChI is InChI=1S/C28H24BrN3O4/c1-18(33)31-23-11-6-9-21(15-23)28(34)32-30-16-19-13-25(29)27(26(14-19)35-2)36-17-22-10-5-8-20-7-3-4-12-24(20)22/h3-16H,17H2,1-2H3,(H,31,33)(H,32,34)/b30-16-. The van der Waals surface area contributed by atoms with Gasteiger partial charge in [-0.2, -0.15) is 5.10 Å². The summed E-state index contributed by atoms with van der Waals surface area (Å²) >= 11 is 3.56. The van der Waals surface area contributed by atoms with Crippen molar-refractivity contribution >= 4 is 50.4 Å². The number of carbonyl (C=O) groups excluding carboxylic acids is 2. The Morgan fingerprint density at radius 2 is 1.78 bits per heavy atom. The van der Waals surface area contributed by atoms with Crippen molar-refractivity contribution < 1.29 is 19.1 Å². The molecule has 0 unspecified atom stereocenters. The number of benzene rings is 4. The van der Waals surface area contributed by atoms with Crippen molar-refractivity contribution in [1.82, 2.24) is 5.43 Å². The zero-order valence-corrected chi connectivity index (χ0v) is 21.3. The molecular formula is C28H24BrN3O4. The summed E-state index contributed by atoms with van der Waals surface area (Å²) in [5.74, 6) is 0.482. The number of hydrogen-bond acceptors (Lipinski definition) is 5. The van der Waals surface area contributed by atoms with Crippen LogP contribution in [0.4, 0.5) is 5.69 Å².